The van der Waals surface area contributed by atoms with Crippen LogP contribution in [0.4, 0.5) is 0 Å². The van der Waals surface area contributed by atoms with Gasteiger partial charge in [-0.15, -0.1) is 12.4 Å². The maximum absolute atomic E-state index is 11.7. The highest BCUT2D eigenvalue weighted by molar-refractivity contribution is 5.85. The molecule has 1 fully saturated rings. The number of carbonyl (C=O) groups is 1. The van der Waals surface area contributed by atoms with E-state index >= 15 is 0 Å². The second-order valence-corrected chi connectivity index (χ2v) is 3.98. The Morgan fingerprint density at radius 1 is 1.31 bits per heavy atom. The fourth-order valence-electron chi connectivity index (χ4n) is 1.73. The van der Waals surface area contributed by atoms with Crippen molar-refractivity contribution in [2.24, 2.45) is 5.73 Å². The summed E-state index contributed by atoms with van der Waals surface area (Å²) in [7, 11) is 0. The van der Waals surface area contributed by atoms with Gasteiger partial charge in [0.25, 0.3) is 0 Å². The lowest BCUT2D eigenvalue weighted by Gasteiger charge is -2.33. The number of hydrogen-bond acceptors (Lipinski definition) is 2. The molecule has 1 amide bonds. The Labute approximate surface area is 102 Å². The molecular formula is C12H17ClN2O. The standard InChI is InChI=1S/C12H16N2O.ClH/c13-11(12(15)14-7-4-8-14)9-10-5-2-1-3-6-10;/h1-3,5-6,11H,4,7-9,13H2;1H. The number of benzene rings is 1. The van der Waals surface area contributed by atoms with Crippen LogP contribution in [0.5, 0.6) is 0 Å². The number of amides is 1. The van der Waals surface area contributed by atoms with Gasteiger partial charge in [-0.2, -0.15) is 0 Å². The van der Waals surface area contributed by atoms with E-state index in [1.165, 1.54) is 0 Å². The van der Waals surface area contributed by atoms with Gasteiger partial charge in [-0.3, -0.25) is 4.79 Å². The number of likely N-dealkylation sites (tertiary alicyclic amines) is 1. The molecule has 0 spiro atoms. The summed E-state index contributed by atoms with van der Waals surface area (Å²) in [5.41, 5.74) is 6.99. The van der Waals surface area contributed by atoms with Gasteiger partial charge in [0, 0.05) is 13.1 Å². The molecule has 4 heteroatoms. The summed E-state index contributed by atoms with van der Waals surface area (Å²) >= 11 is 0. The van der Waals surface area contributed by atoms with Crippen LogP contribution in [0.3, 0.4) is 0 Å². The second-order valence-electron chi connectivity index (χ2n) is 3.98. The number of nitrogens with two attached hydrogens (primary N) is 1. The monoisotopic (exact) mass is 240 g/mol. The van der Waals surface area contributed by atoms with E-state index < -0.39 is 0 Å². The first-order valence-electron chi connectivity index (χ1n) is 5.35. The van der Waals surface area contributed by atoms with Gasteiger partial charge < -0.3 is 10.6 Å². The average molecular weight is 241 g/mol. The van der Waals surface area contributed by atoms with Crippen molar-refractivity contribution in [2.75, 3.05) is 13.1 Å². The molecule has 0 aromatic heterocycles. The second kappa shape index (κ2) is 5.87. The van der Waals surface area contributed by atoms with E-state index in [0.717, 1.165) is 25.1 Å². The van der Waals surface area contributed by atoms with Gasteiger partial charge in [0.15, 0.2) is 0 Å². The molecule has 88 valence electrons. The summed E-state index contributed by atoms with van der Waals surface area (Å²) in [5, 5.41) is 0. The number of hydrogen-bond donors (Lipinski definition) is 1. The van der Waals surface area contributed by atoms with Gasteiger partial charge in [0.05, 0.1) is 6.04 Å². The first-order chi connectivity index (χ1) is 7.27. The first-order valence-corrected chi connectivity index (χ1v) is 5.35. The Morgan fingerprint density at radius 2 is 1.94 bits per heavy atom. The third-order valence-electron chi connectivity index (χ3n) is 2.78. The lowest BCUT2D eigenvalue weighted by molar-refractivity contribution is -0.136. The van der Waals surface area contributed by atoms with Crippen LogP contribution in [0.2, 0.25) is 0 Å². The predicted molar refractivity (Wildman–Crippen MR) is 66.6 cm³/mol. The van der Waals surface area contributed by atoms with E-state index in [-0.39, 0.29) is 24.4 Å². The van der Waals surface area contributed by atoms with Crippen molar-refractivity contribution in [1.29, 1.82) is 0 Å². The minimum Gasteiger partial charge on any atom is -0.341 e. The van der Waals surface area contributed by atoms with E-state index in [1.807, 2.05) is 35.2 Å². The normalized spacial score (nSPS) is 15.9. The van der Waals surface area contributed by atoms with Gasteiger partial charge in [-0.05, 0) is 18.4 Å². The quantitative estimate of drug-likeness (QED) is 0.864. The van der Waals surface area contributed by atoms with Crippen LogP contribution in [0.15, 0.2) is 30.3 Å². The molecule has 0 radical (unpaired) electrons. The van der Waals surface area contributed by atoms with Gasteiger partial charge in [0.1, 0.15) is 0 Å². The van der Waals surface area contributed by atoms with E-state index in [2.05, 4.69) is 0 Å². The van der Waals surface area contributed by atoms with Crippen LogP contribution in [0.1, 0.15) is 12.0 Å². The molecule has 1 atom stereocenters. The molecule has 0 saturated carbocycles. The Balaban J connectivity index is 0.00000128. The molecule has 1 aromatic carbocycles. The Kier molecular flexibility index (Phi) is 4.77. The molecule has 1 saturated heterocycles. The molecule has 1 heterocycles. The fraction of sp³-hybridized carbons (Fsp3) is 0.417. The molecule has 2 rings (SSSR count). The highest BCUT2D eigenvalue weighted by Crippen LogP contribution is 2.10. The van der Waals surface area contributed by atoms with Crippen molar-refractivity contribution in [2.45, 2.75) is 18.9 Å². The van der Waals surface area contributed by atoms with Gasteiger partial charge in [-0.25, -0.2) is 0 Å². The van der Waals surface area contributed by atoms with Crippen LogP contribution < -0.4 is 5.73 Å². The van der Waals surface area contributed by atoms with Crippen molar-refractivity contribution >= 4 is 18.3 Å². The maximum Gasteiger partial charge on any atom is 0.239 e. The minimum absolute atomic E-state index is 0. The van der Waals surface area contributed by atoms with Crippen LogP contribution >= 0.6 is 12.4 Å². The lowest BCUT2D eigenvalue weighted by Crippen LogP contribution is -2.50. The summed E-state index contributed by atoms with van der Waals surface area (Å²) in [4.78, 5) is 13.6. The summed E-state index contributed by atoms with van der Waals surface area (Å²) in [6.07, 6.45) is 1.75. The molecule has 0 bridgehead atoms. The van der Waals surface area contributed by atoms with E-state index in [4.69, 9.17) is 5.73 Å². The third-order valence-corrected chi connectivity index (χ3v) is 2.78. The number of carbonyl (C=O) groups excluding carboxylic acids is 1. The highest BCUT2D eigenvalue weighted by Gasteiger charge is 2.25. The van der Waals surface area contributed by atoms with Gasteiger partial charge in [0.2, 0.25) is 5.91 Å². The van der Waals surface area contributed by atoms with Crippen molar-refractivity contribution < 1.29 is 4.79 Å². The molecule has 1 aliphatic heterocycles. The topological polar surface area (TPSA) is 46.3 Å². The van der Waals surface area contributed by atoms with Crippen molar-refractivity contribution in [3.05, 3.63) is 35.9 Å². The Bertz CT molecular complexity index is 338. The molecule has 1 aliphatic rings. The zero-order valence-corrected chi connectivity index (χ0v) is 9.95. The molecule has 16 heavy (non-hydrogen) atoms. The van der Waals surface area contributed by atoms with Crippen LogP contribution in [0, 0.1) is 0 Å². The van der Waals surface area contributed by atoms with Crippen LogP contribution in [-0.2, 0) is 11.2 Å². The van der Waals surface area contributed by atoms with Crippen molar-refractivity contribution in [3.8, 4) is 0 Å². The lowest BCUT2D eigenvalue weighted by atomic mass is 10.0. The SMILES string of the molecule is Cl.NC(Cc1ccccc1)C(=O)N1CCC1. The zero-order valence-electron chi connectivity index (χ0n) is 9.13. The number of nitrogens with zero attached hydrogens (tertiary/aromatic N) is 1. The van der Waals surface area contributed by atoms with E-state index in [0.29, 0.717) is 6.42 Å². The molecular weight excluding hydrogens is 224 g/mol. The molecule has 2 N–H and O–H groups in total. The largest absolute Gasteiger partial charge is 0.341 e. The van der Waals surface area contributed by atoms with E-state index in [9.17, 15) is 4.79 Å². The van der Waals surface area contributed by atoms with Crippen molar-refractivity contribution in [1.82, 2.24) is 4.90 Å². The van der Waals surface area contributed by atoms with E-state index in [1.54, 1.807) is 0 Å². The van der Waals surface area contributed by atoms with Crippen molar-refractivity contribution in [3.63, 3.8) is 0 Å². The highest BCUT2D eigenvalue weighted by atomic mass is 35.5. The molecule has 0 aliphatic carbocycles. The van der Waals surface area contributed by atoms with Crippen LogP contribution in [-0.4, -0.2) is 29.9 Å². The Hall–Kier alpha value is -1.06. The summed E-state index contributed by atoms with van der Waals surface area (Å²) in [6.45, 7) is 1.75. The summed E-state index contributed by atoms with van der Waals surface area (Å²) < 4.78 is 0. The third kappa shape index (κ3) is 2.97. The Morgan fingerprint density at radius 3 is 2.44 bits per heavy atom. The summed E-state index contributed by atoms with van der Waals surface area (Å²) in [6, 6.07) is 9.53. The number of rotatable bonds is 3. The van der Waals surface area contributed by atoms with Gasteiger partial charge in [-0.1, -0.05) is 30.3 Å². The predicted octanol–water partition coefficient (Wildman–Crippen LogP) is 1.21. The average Bonchev–Trinajstić information content (AvgIpc) is 2.16. The summed E-state index contributed by atoms with van der Waals surface area (Å²) in [5.74, 6) is 0.0881. The number of halogens is 1. The smallest absolute Gasteiger partial charge is 0.239 e. The van der Waals surface area contributed by atoms with Crippen LogP contribution in [0.25, 0.3) is 0 Å². The van der Waals surface area contributed by atoms with Gasteiger partial charge >= 0.3 is 0 Å². The fourth-order valence-corrected chi connectivity index (χ4v) is 1.73. The maximum atomic E-state index is 11.7. The minimum atomic E-state index is -0.382. The first kappa shape index (κ1) is 13.0. The molecule has 1 aromatic rings. The molecule has 3 nitrogen and oxygen atoms in total. The molecule has 1 unspecified atom stereocenters. The zero-order chi connectivity index (χ0) is 10.7.